The van der Waals surface area contributed by atoms with Crippen LogP contribution in [0.25, 0.3) is 5.69 Å². The summed E-state index contributed by atoms with van der Waals surface area (Å²) < 4.78 is 14.0. The van der Waals surface area contributed by atoms with Crippen molar-refractivity contribution in [2.75, 3.05) is 13.2 Å². The first-order valence-electron chi connectivity index (χ1n) is 11.8. The molecule has 0 amide bonds. The molecule has 0 spiro atoms. The minimum Gasteiger partial charge on any atom is -0.439 e. The first-order valence-corrected chi connectivity index (χ1v) is 11.8. The second kappa shape index (κ2) is 10.5. The van der Waals surface area contributed by atoms with Crippen LogP contribution in [0.5, 0.6) is 11.6 Å². The molecule has 2 aromatic carbocycles. The first kappa shape index (κ1) is 23.5. The quantitative estimate of drug-likeness (QED) is 0.445. The van der Waals surface area contributed by atoms with Crippen LogP contribution in [-0.4, -0.2) is 51.2 Å². The topological polar surface area (TPSA) is 59.8 Å². The molecule has 3 aromatic rings. The van der Waals surface area contributed by atoms with E-state index in [-0.39, 0.29) is 6.10 Å². The molecule has 1 heterocycles. The van der Waals surface area contributed by atoms with Gasteiger partial charge in [0.1, 0.15) is 5.75 Å². The van der Waals surface area contributed by atoms with Gasteiger partial charge in [0.15, 0.2) is 0 Å². The van der Waals surface area contributed by atoms with Crippen LogP contribution in [-0.2, 0) is 11.3 Å². The van der Waals surface area contributed by atoms with Gasteiger partial charge >= 0.3 is 0 Å². The molecule has 0 aliphatic heterocycles. The number of aryl methyl sites for hydroxylation is 2. The molecule has 1 aliphatic rings. The zero-order valence-corrected chi connectivity index (χ0v) is 20.1. The minimum absolute atomic E-state index is 0.106. The van der Waals surface area contributed by atoms with E-state index >= 15 is 0 Å². The Kier molecular flexibility index (Phi) is 7.48. The van der Waals surface area contributed by atoms with Crippen molar-refractivity contribution in [1.82, 2.24) is 14.7 Å². The first-order chi connectivity index (χ1) is 15.9. The van der Waals surface area contributed by atoms with Crippen molar-refractivity contribution in [3.05, 3.63) is 71.4 Å². The third-order valence-corrected chi connectivity index (χ3v) is 5.87. The fourth-order valence-electron chi connectivity index (χ4n) is 3.90. The fourth-order valence-corrected chi connectivity index (χ4v) is 3.90. The summed E-state index contributed by atoms with van der Waals surface area (Å²) >= 11 is 0. The number of aliphatic hydroxyl groups is 1. The molecular weight excluding hydrogens is 414 g/mol. The van der Waals surface area contributed by atoms with Crippen LogP contribution >= 0.6 is 0 Å². The highest BCUT2D eigenvalue weighted by Gasteiger charge is 2.32. The number of para-hydroxylation sites is 1. The molecule has 1 aromatic heterocycles. The summed E-state index contributed by atoms with van der Waals surface area (Å²) in [7, 11) is 0. The molecule has 6 heteroatoms. The lowest BCUT2D eigenvalue weighted by atomic mass is 10.2. The van der Waals surface area contributed by atoms with Gasteiger partial charge in [-0.05, 0) is 64.8 Å². The van der Waals surface area contributed by atoms with Gasteiger partial charge in [-0.1, -0.05) is 35.9 Å². The summed E-state index contributed by atoms with van der Waals surface area (Å²) in [5.74, 6) is 1.50. The molecule has 1 atom stereocenters. The van der Waals surface area contributed by atoms with Gasteiger partial charge in [-0.25, -0.2) is 4.68 Å². The molecule has 6 nitrogen and oxygen atoms in total. The van der Waals surface area contributed by atoms with E-state index in [0.29, 0.717) is 25.7 Å². The maximum atomic E-state index is 10.6. The summed E-state index contributed by atoms with van der Waals surface area (Å²) in [4.78, 5) is 2.34. The maximum Gasteiger partial charge on any atom is 0.227 e. The third-order valence-electron chi connectivity index (χ3n) is 5.87. The van der Waals surface area contributed by atoms with Gasteiger partial charge in [-0.15, -0.1) is 0 Å². The molecule has 0 saturated heterocycles. The molecule has 1 fully saturated rings. The molecule has 0 radical (unpaired) electrons. The standard InChI is InChI=1S/C27H35N3O3/c1-19(2)32-18-24(31)16-29(22-12-13-22)17-26-21(4)28-30(23-8-6-5-7-9-23)27(26)33-25-14-10-20(3)11-15-25/h5-11,14-15,19,22,24,31H,12-13,16-18H2,1-4H3/t24-/m0/s1. The van der Waals surface area contributed by atoms with E-state index in [2.05, 4.69) is 11.8 Å². The van der Waals surface area contributed by atoms with Crippen LogP contribution in [0.3, 0.4) is 0 Å². The second-order valence-electron chi connectivity index (χ2n) is 9.23. The Morgan fingerprint density at radius 2 is 1.76 bits per heavy atom. The Labute approximate surface area is 196 Å². The third kappa shape index (κ3) is 6.22. The summed E-state index contributed by atoms with van der Waals surface area (Å²) in [6.45, 7) is 9.65. The van der Waals surface area contributed by atoms with Gasteiger partial charge in [-0.3, -0.25) is 4.90 Å². The molecule has 0 bridgehead atoms. The zero-order valence-electron chi connectivity index (χ0n) is 20.1. The van der Waals surface area contributed by atoms with E-state index in [9.17, 15) is 5.11 Å². The Morgan fingerprint density at radius 1 is 1.06 bits per heavy atom. The van der Waals surface area contributed by atoms with Crippen LogP contribution < -0.4 is 4.74 Å². The van der Waals surface area contributed by atoms with Crippen LogP contribution in [0.4, 0.5) is 0 Å². The minimum atomic E-state index is -0.529. The number of benzene rings is 2. The number of aliphatic hydroxyl groups excluding tert-OH is 1. The number of ether oxygens (including phenoxy) is 2. The van der Waals surface area contributed by atoms with E-state index in [4.69, 9.17) is 14.6 Å². The van der Waals surface area contributed by atoms with E-state index in [1.807, 2.05) is 80.1 Å². The lowest BCUT2D eigenvalue weighted by Gasteiger charge is -2.25. The van der Waals surface area contributed by atoms with Crippen molar-refractivity contribution in [3.63, 3.8) is 0 Å². The van der Waals surface area contributed by atoms with Crippen molar-refractivity contribution in [3.8, 4) is 17.3 Å². The number of nitrogens with zero attached hydrogens (tertiary/aromatic N) is 3. The number of hydrogen-bond acceptors (Lipinski definition) is 5. The lowest BCUT2D eigenvalue weighted by molar-refractivity contribution is -0.0107. The fraction of sp³-hybridized carbons (Fsp3) is 0.444. The van der Waals surface area contributed by atoms with Gasteiger partial charge < -0.3 is 14.6 Å². The molecular formula is C27H35N3O3. The molecule has 176 valence electrons. The monoisotopic (exact) mass is 449 g/mol. The van der Waals surface area contributed by atoms with Gasteiger partial charge in [-0.2, -0.15) is 5.10 Å². The highest BCUT2D eigenvalue weighted by molar-refractivity contribution is 5.43. The largest absolute Gasteiger partial charge is 0.439 e. The van der Waals surface area contributed by atoms with Crippen LogP contribution in [0, 0.1) is 13.8 Å². The van der Waals surface area contributed by atoms with E-state index in [1.165, 1.54) is 5.56 Å². The van der Waals surface area contributed by atoms with Crippen molar-refractivity contribution in [1.29, 1.82) is 0 Å². The highest BCUT2D eigenvalue weighted by Crippen LogP contribution is 2.35. The second-order valence-corrected chi connectivity index (χ2v) is 9.23. The summed E-state index contributed by atoms with van der Waals surface area (Å²) in [5.41, 5.74) is 4.12. The van der Waals surface area contributed by atoms with E-state index < -0.39 is 6.10 Å². The van der Waals surface area contributed by atoms with Crippen molar-refractivity contribution >= 4 is 0 Å². The van der Waals surface area contributed by atoms with Crippen LogP contribution in [0.2, 0.25) is 0 Å². The Morgan fingerprint density at radius 3 is 2.39 bits per heavy atom. The predicted molar refractivity (Wildman–Crippen MR) is 130 cm³/mol. The number of hydrogen-bond donors (Lipinski definition) is 1. The molecule has 1 aliphatic carbocycles. The van der Waals surface area contributed by atoms with Crippen LogP contribution in [0.1, 0.15) is 43.5 Å². The van der Waals surface area contributed by atoms with Gasteiger partial charge in [0.05, 0.1) is 35.8 Å². The summed E-state index contributed by atoms with van der Waals surface area (Å²) in [5, 5.41) is 15.4. The lowest BCUT2D eigenvalue weighted by Crippen LogP contribution is -2.36. The van der Waals surface area contributed by atoms with Crippen molar-refractivity contribution in [2.24, 2.45) is 0 Å². The molecule has 1 saturated carbocycles. The molecule has 33 heavy (non-hydrogen) atoms. The molecule has 0 unspecified atom stereocenters. The van der Waals surface area contributed by atoms with Crippen molar-refractivity contribution in [2.45, 2.75) is 65.3 Å². The van der Waals surface area contributed by atoms with Gasteiger partial charge in [0, 0.05) is 19.1 Å². The van der Waals surface area contributed by atoms with Gasteiger partial charge in [0.25, 0.3) is 0 Å². The zero-order chi connectivity index (χ0) is 23.4. The number of aromatic nitrogens is 2. The normalized spacial score (nSPS) is 14.8. The molecule has 4 rings (SSSR count). The average molecular weight is 450 g/mol. The molecule has 1 N–H and O–H groups in total. The summed E-state index contributed by atoms with van der Waals surface area (Å²) in [6.07, 6.45) is 1.88. The maximum absolute atomic E-state index is 10.6. The van der Waals surface area contributed by atoms with Crippen molar-refractivity contribution < 1.29 is 14.6 Å². The summed E-state index contributed by atoms with van der Waals surface area (Å²) in [6, 6.07) is 18.6. The Hall–Kier alpha value is -2.67. The van der Waals surface area contributed by atoms with E-state index in [1.54, 1.807) is 0 Å². The van der Waals surface area contributed by atoms with E-state index in [0.717, 1.165) is 41.4 Å². The predicted octanol–water partition coefficient (Wildman–Crippen LogP) is 5.03. The smallest absolute Gasteiger partial charge is 0.227 e. The Bertz CT molecular complexity index is 1030. The van der Waals surface area contributed by atoms with Crippen LogP contribution in [0.15, 0.2) is 54.6 Å². The van der Waals surface area contributed by atoms with Gasteiger partial charge in [0.2, 0.25) is 5.88 Å². The number of rotatable bonds is 11. The highest BCUT2D eigenvalue weighted by atomic mass is 16.5. The Balaban J connectivity index is 1.63. The average Bonchev–Trinajstić information content (AvgIpc) is 3.60. The SMILES string of the molecule is Cc1ccc(Oc2c(CN(C[C@H](O)COC(C)C)C3CC3)c(C)nn2-c2ccccc2)cc1.